The number of amides is 2. The monoisotopic (exact) mass is 555 g/mol. The first-order chi connectivity index (χ1) is 18.9. The van der Waals surface area contributed by atoms with Crippen LogP contribution in [0, 0.1) is 11.8 Å². The van der Waals surface area contributed by atoms with Gasteiger partial charge in [-0.2, -0.15) is 0 Å². The number of ether oxygens (including phenoxy) is 1. The molecule has 1 N–H and O–H groups in total. The minimum atomic E-state index is -0.505. The van der Waals surface area contributed by atoms with Crippen molar-refractivity contribution in [2.45, 2.75) is 45.6 Å². The zero-order chi connectivity index (χ0) is 27.6. The van der Waals surface area contributed by atoms with Crippen LogP contribution in [-0.4, -0.2) is 72.4 Å². The Morgan fingerprint density at radius 3 is 2.38 bits per heavy atom. The lowest BCUT2D eigenvalue weighted by molar-refractivity contribution is -0.138. The molecule has 4 rings (SSSR count). The first-order valence-electron chi connectivity index (χ1n) is 13.7. The molecule has 10 heteroatoms. The van der Waals surface area contributed by atoms with E-state index in [1.54, 1.807) is 20.2 Å². The number of rotatable bonds is 9. The van der Waals surface area contributed by atoms with Crippen molar-refractivity contribution in [2.24, 2.45) is 17.0 Å². The van der Waals surface area contributed by atoms with Crippen molar-refractivity contribution in [2.75, 3.05) is 45.2 Å². The van der Waals surface area contributed by atoms with Crippen LogP contribution in [0.25, 0.3) is 0 Å². The third-order valence-electron chi connectivity index (χ3n) is 7.46. The van der Waals surface area contributed by atoms with E-state index in [4.69, 9.17) is 21.2 Å². The quantitative estimate of drug-likeness (QED) is 0.345. The van der Waals surface area contributed by atoms with Gasteiger partial charge in [-0.05, 0) is 81.1 Å². The average Bonchev–Trinajstić information content (AvgIpc) is 2.94. The van der Waals surface area contributed by atoms with Crippen LogP contribution < -0.4 is 5.32 Å². The Hall–Kier alpha value is -3.17. The van der Waals surface area contributed by atoms with E-state index < -0.39 is 6.09 Å². The number of nitrogens with zero attached hydrogens (tertiary/aromatic N) is 4. The number of carbonyl (C=O) groups is 2. The fraction of sp³-hybridized carbons (Fsp3) is 0.517. The molecular formula is C29H38ClN5O4. The average molecular weight is 556 g/mol. The summed E-state index contributed by atoms with van der Waals surface area (Å²) in [7, 11) is 1.58. The van der Waals surface area contributed by atoms with E-state index in [0.717, 1.165) is 86.7 Å². The number of benzene rings is 1. The maximum Gasteiger partial charge on any atom is 0.412 e. The molecule has 1 aromatic heterocycles. The fourth-order valence-electron chi connectivity index (χ4n) is 5.38. The largest absolute Gasteiger partial charge is 0.450 e. The van der Waals surface area contributed by atoms with Crippen molar-refractivity contribution in [1.82, 2.24) is 14.8 Å². The van der Waals surface area contributed by atoms with Gasteiger partial charge in [-0.3, -0.25) is 15.0 Å². The number of hydrogen-bond acceptors (Lipinski definition) is 7. The van der Waals surface area contributed by atoms with Crippen LogP contribution in [0.3, 0.4) is 0 Å². The summed E-state index contributed by atoms with van der Waals surface area (Å²) >= 11 is 6.03. The predicted molar refractivity (Wildman–Crippen MR) is 152 cm³/mol. The van der Waals surface area contributed by atoms with Crippen molar-refractivity contribution in [3.05, 3.63) is 58.7 Å². The van der Waals surface area contributed by atoms with Crippen LogP contribution in [-0.2, 0) is 27.3 Å². The summed E-state index contributed by atoms with van der Waals surface area (Å²) in [4.78, 5) is 38.7. The molecule has 2 aliphatic rings. The van der Waals surface area contributed by atoms with E-state index in [1.807, 2.05) is 41.3 Å². The Balaban J connectivity index is 1.23. The fourth-order valence-corrected chi connectivity index (χ4v) is 5.51. The van der Waals surface area contributed by atoms with Gasteiger partial charge in [0.15, 0.2) is 0 Å². The van der Waals surface area contributed by atoms with Gasteiger partial charge in [0.1, 0.15) is 12.9 Å². The van der Waals surface area contributed by atoms with Gasteiger partial charge in [-0.25, -0.2) is 9.78 Å². The lowest BCUT2D eigenvalue weighted by Crippen LogP contribution is -2.46. The molecule has 3 heterocycles. The number of piperidine rings is 2. The van der Waals surface area contributed by atoms with E-state index in [9.17, 15) is 9.59 Å². The van der Waals surface area contributed by atoms with E-state index in [-0.39, 0.29) is 11.8 Å². The Bertz CT molecular complexity index is 1130. The summed E-state index contributed by atoms with van der Waals surface area (Å²) < 4.78 is 4.92. The first-order valence-corrected chi connectivity index (χ1v) is 14.1. The summed E-state index contributed by atoms with van der Waals surface area (Å²) in [6.07, 6.45) is 5.40. The van der Waals surface area contributed by atoms with Crippen molar-refractivity contribution >= 4 is 35.1 Å². The maximum atomic E-state index is 13.3. The van der Waals surface area contributed by atoms with Gasteiger partial charge >= 0.3 is 6.09 Å². The van der Waals surface area contributed by atoms with Crippen LogP contribution in [0.2, 0.25) is 5.02 Å². The van der Waals surface area contributed by atoms with Crippen LogP contribution in [0.15, 0.2) is 47.8 Å². The summed E-state index contributed by atoms with van der Waals surface area (Å²) in [6, 6.07) is 11.6. The first kappa shape index (κ1) is 28.8. The van der Waals surface area contributed by atoms with Crippen molar-refractivity contribution in [1.29, 1.82) is 0 Å². The minimum Gasteiger partial charge on any atom is -0.450 e. The van der Waals surface area contributed by atoms with Gasteiger partial charge in [0, 0.05) is 49.1 Å². The van der Waals surface area contributed by atoms with Crippen molar-refractivity contribution in [3.63, 3.8) is 0 Å². The molecule has 2 amide bonds. The van der Waals surface area contributed by atoms with Crippen molar-refractivity contribution in [3.8, 4) is 0 Å². The normalized spacial score (nSPS) is 17.6. The third kappa shape index (κ3) is 8.41. The van der Waals surface area contributed by atoms with Crippen LogP contribution in [0.1, 0.15) is 43.7 Å². The Kier molecular flexibility index (Phi) is 10.6. The molecule has 0 saturated carbocycles. The highest BCUT2D eigenvalue weighted by atomic mass is 35.5. The molecule has 0 atom stereocenters. The second-order valence-electron chi connectivity index (χ2n) is 10.1. The molecule has 2 aliphatic heterocycles. The standard InChI is InChI=1S/C29H38ClN5O4/c1-3-39-29(37)32-27-19-22(8-13-31-27)20-34-14-9-24(10-15-34)28(36)35-16-11-23(12-17-35)26(33-38-2)18-21-4-6-25(30)7-5-21/h4-8,13,19,23-24H,3,9-12,14-18,20H2,1-2H3,(H,31,32,37). The summed E-state index contributed by atoms with van der Waals surface area (Å²) in [5, 5.41) is 7.71. The molecule has 2 aromatic rings. The number of carbonyl (C=O) groups excluding carboxylic acids is 2. The molecule has 0 radical (unpaired) electrons. The molecule has 39 heavy (non-hydrogen) atoms. The van der Waals surface area contributed by atoms with Crippen LogP contribution in [0.5, 0.6) is 0 Å². The number of hydrogen-bond donors (Lipinski definition) is 1. The van der Waals surface area contributed by atoms with Gasteiger partial charge in [0.2, 0.25) is 5.91 Å². The third-order valence-corrected chi connectivity index (χ3v) is 7.71. The highest BCUT2D eigenvalue weighted by Crippen LogP contribution is 2.26. The second kappa shape index (κ2) is 14.3. The molecule has 2 fully saturated rings. The number of halogens is 1. The molecular weight excluding hydrogens is 518 g/mol. The molecule has 2 saturated heterocycles. The summed E-state index contributed by atoms with van der Waals surface area (Å²) in [6.45, 7) is 6.05. The van der Waals surface area contributed by atoms with Gasteiger partial charge in [0.25, 0.3) is 0 Å². The van der Waals surface area contributed by atoms with E-state index in [1.165, 1.54) is 0 Å². The minimum absolute atomic E-state index is 0.0671. The Morgan fingerprint density at radius 2 is 1.72 bits per heavy atom. The number of nitrogens with one attached hydrogen (secondary N) is 1. The molecule has 0 spiro atoms. The lowest BCUT2D eigenvalue weighted by atomic mass is 9.87. The number of likely N-dealkylation sites (tertiary alicyclic amines) is 2. The molecule has 9 nitrogen and oxygen atoms in total. The van der Waals surface area contributed by atoms with Crippen LogP contribution >= 0.6 is 11.6 Å². The van der Waals surface area contributed by atoms with Crippen molar-refractivity contribution < 1.29 is 19.2 Å². The van der Waals surface area contributed by atoms with Crippen LogP contribution in [0.4, 0.5) is 10.6 Å². The number of pyridine rings is 1. The second-order valence-corrected chi connectivity index (χ2v) is 10.5. The SMILES string of the molecule is CCOC(=O)Nc1cc(CN2CCC(C(=O)N3CCC(C(Cc4ccc(Cl)cc4)=NOC)CC3)CC2)ccn1. The Labute approximate surface area is 235 Å². The zero-order valence-corrected chi connectivity index (χ0v) is 23.5. The lowest BCUT2D eigenvalue weighted by Gasteiger charge is -2.37. The zero-order valence-electron chi connectivity index (χ0n) is 22.8. The Morgan fingerprint density at radius 1 is 1.03 bits per heavy atom. The number of aromatic nitrogens is 1. The van der Waals surface area contributed by atoms with Gasteiger partial charge in [0.05, 0.1) is 12.3 Å². The number of oxime groups is 1. The maximum absolute atomic E-state index is 13.3. The number of anilines is 1. The highest BCUT2D eigenvalue weighted by molar-refractivity contribution is 6.30. The van der Waals surface area contributed by atoms with Gasteiger partial charge in [-0.15, -0.1) is 0 Å². The summed E-state index contributed by atoms with van der Waals surface area (Å²) in [5.74, 6) is 1.12. The van der Waals surface area contributed by atoms with Gasteiger partial charge < -0.3 is 14.5 Å². The van der Waals surface area contributed by atoms with E-state index >= 15 is 0 Å². The molecule has 210 valence electrons. The molecule has 1 aromatic carbocycles. The molecule has 0 unspecified atom stereocenters. The van der Waals surface area contributed by atoms with E-state index in [2.05, 4.69) is 20.4 Å². The highest BCUT2D eigenvalue weighted by Gasteiger charge is 2.32. The molecule has 0 aliphatic carbocycles. The topological polar surface area (TPSA) is 96.4 Å². The predicted octanol–water partition coefficient (Wildman–Crippen LogP) is 5.00. The smallest absolute Gasteiger partial charge is 0.412 e. The van der Waals surface area contributed by atoms with Gasteiger partial charge in [-0.1, -0.05) is 28.9 Å². The summed E-state index contributed by atoms with van der Waals surface area (Å²) in [5.41, 5.74) is 3.24. The van der Waals surface area contributed by atoms with E-state index in [0.29, 0.717) is 18.3 Å². The molecule has 0 bridgehead atoms.